The summed E-state index contributed by atoms with van der Waals surface area (Å²) in [5.41, 5.74) is 3.74. The van der Waals surface area contributed by atoms with Crippen molar-refractivity contribution in [3.63, 3.8) is 0 Å². The lowest BCUT2D eigenvalue weighted by Gasteiger charge is -2.00. The molecule has 4 N–H and O–H groups in total. The maximum absolute atomic E-state index is 8.50. The minimum atomic E-state index is 0.236. The molecular weight excluding hydrogens is 102 g/mol. The highest BCUT2D eigenvalue weighted by molar-refractivity contribution is 4.48. The second-order valence-corrected chi connectivity index (χ2v) is 2.19. The molecule has 0 spiro atoms. The van der Waals surface area contributed by atoms with Crippen LogP contribution in [0.2, 0.25) is 0 Å². The SMILES string of the molecule is CCCC[C@@H]([NH3+])CO. The van der Waals surface area contributed by atoms with Gasteiger partial charge in [0.25, 0.3) is 0 Å². The first kappa shape index (κ1) is 7.92. The second-order valence-electron chi connectivity index (χ2n) is 2.19. The van der Waals surface area contributed by atoms with Crippen molar-refractivity contribution >= 4 is 0 Å². The summed E-state index contributed by atoms with van der Waals surface area (Å²) in [6, 6.07) is 0.259. The van der Waals surface area contributed by atoms with Crippen LogP contribution < -0.4 is 5.73 Å². The molecule has 0 aliphatic carbocycles. The Morgan fingerprint density at radius 3 is 2.62 bits per heavy atom. The Morgan fingerprint density at radius 1 is 1.62 bits per heavy atom. The maximum Gasteiger partial charge on any atom is 0.108 e. The quantitative estimate of drug-likeness (QED) is 0.526. The summed E-state index contributed by atoms with van der Waals surface area (Å²) in [5, 5.41) is 8.50. The molecular formula is C6H16NO+. The van der Waals surface area contributed by atoms with Gasteiger partial charge in [0.05, 0.1) is 6.61 Å². The van der Waals surface area contributed by atoms with E-state index in [-0.39, 0.29) is 12.6 Å². The van der Waals surface area contributed by atoms with Gasteiger partial charge in [-0.3, -0.25) is 0 Å². The van der Waals surface area contributed by atoms with Gasteiger partial charge in [-0.15, -0.1) is 0 Å². The molecule has 0 radical (unpaired) electrons. The van der Waals surface area contributed by atoms with Gasteiger partial charge in [0.15, 0.2) is 0 Å². The molecule has 0 amide bonds. The highest BCUT2D eigenvalue weighted by Gasteiger charge is 2.00. The Balaban J connectivity index is 2.86. The van der Waals surface area contributed by atoms with Crippen molar-refractivity contribution < 1.29 is 10.8 Å². The molecule has 0 heterocycles. The van der Waals surface area contributed by atoms with E-state index < -0.39 is 0 Å². The Kier molecular flexibility index (Phi) is 5.01. The average Bonchev–Trinajstić information content (AvgIpc) is 1.83. The third kappa shape index (κ3) is 4.09. The van der Waals surface area contributed by atoms with Gasteiger partial charge in [-0.25, -0.2) is 0 Å². The fraction of sp³-hybridized carbons (Fsp3) is 1.00. The average molecular weight is 118 g/mol. The highest BCUT2D eigenvalue weighted by Crippen LogP contribution is 1.94. The van der Waals surface area contributed by atoms with Crippen molar-refractivity contribution in [3.05, 3.63) is 0 Å². The van der Waals surface area contributed by atoms with Gasteiger partial charge in [0, 0.05) is 6.42 Å². The zero-order valence-corrected chi connectivity index (χ0v) is 5.56. The van der Waals surface area contributed by atoms with Crippen LogP contribution >= 0.6 is 0 Å². The van der Waals surface area contributed by atoms with Gasteiger partial charge >= 0.3 is 0 Å². The van der Waals surface area contributed by atoms with Gasteiger partial charge in [0.1, 0.15) is 6.04 Å². The molecule has 2 heteroatoms. The Bertz CT molecular complexity index is 47.8. The van der Waals surface area contributed by atoms with Crippen LogP contribution in [-0.2, 0) is 0 Å². The molecule has 2 nitrogen and oxygen atoms in total. The molecule has 0 bridgehead atoms. The summed E-state index contributed by atoms with van der Waals surface area (Å²) in [7, 11) is 0. The lowest BCUT2D eigenvalue weighted by molar-refractivity contribution is -0.426. The molecule has 8 heavy (non-hydrogen) atoms. The van der Waals surface area contributed by atoms with Gasteiger partial charge < -0.3 is 10.8 Å². The third-order valence-electron chi connectivity index (χ3n) is 1.22. The number of hydrogen-bond donors (Lipinski definition) is 2. The summed E-state index contributed by atoms with van der Waals surface area (Å²) in [4.78, 5) is 0. The van der Waals surface area contributed by atoms with Crippen molar-refractivity contribution in [1.29, 1.82) is 0 Å². The summed E-state index contributed by atoms with van der Waals surface area (Å²) in [5.74, 6) is 0. The standard InChI is InChI=1S/C6H15NO/c1-2-3-4-6(7)5-8/h6,8H,2-5,7H2,1H3/p+1/t6-/m1/s1. The first-order valence-electron chi connectivity index (χ1n) is 3.25. The molecule has 50 valence electrons. The monoisotopic (exact) mass is 118 g/mol. The van der Waals surface area contributed by atoms with E-state index >= 15 is 0 Å². The van der Waals surface area contributed by atoms with E-state index in [1.807, 2.05) is 0 Å². The van der Waals surface area contributed by atoms with Crippen molar-refractivity contribution in [2.75, 3.05) is 6.61 Å². The number of hydrogen-bond acceptors (Lipinski definition) is 1. The largest absolute Gasteiger partial charge is 0.390 e. The van der Waals surface area contributed by atoms with E-state index in [0.717, 1.165) is 6.42 Å². The first-order chi connectivity index (χ1) is 3.81. The van der Waals surface area contributed by atoms with Crippen molar-refractivity contribution in [3.8, 4) is 0 Å². The van der Waals surface area contributed by atoms with E-state index in [9.17, 15) is 0 Å². The molecule has 0 aliphatic heterocycles. The Hall–Kier alpha value is -0.0800. The van der Waals surface area contributed by atoms with Crippen LogP contribution in [0.15, 0.2) is 0 Å². The second kappa shape index (κ2) is 5.06. The van der Waals surface area contributed by atoms with Gasteiger partial charge in [-0.2, -0.15) is 0 Å². The summed E-state index contributed by atoms with van der Waals surface area (Å²) < 4.78 is 0. The van der Waals surface area contributed by atoms with Crippen molar-refractivity contribution in [1.82, 2.24) is 0 Å². The van der Waals surface area contributed by atoms with E-state index in [2.05, 4.69) is 12.7 Å². The molecule has 0 saturated heterocycles. The highest BCUT2D eigenvalue weighted by atomic mass is 16.3. The number of aliphatic hydroxyl groups is 1. The van der Waals surface area contributed by atoms with Crippen molar-refractivity contribution in [2.24, 2.45) is 0 Å². The maximum atomic E-state index is 8.50. The normalized spacial score (nSPS) is 13.9. The fourth-order valence-corrected chi connectivity index (χ4v) is 0.584. The fourth-order valence-electron chi connectivity index (χ4n) is 0.584. The van der Waals surface area contributed by atoms with Crippen LogP contribution in [0.5, 0.6) is 0 Å². The minimum Gasteiger partial charge on any atom is -0.390 e. The van der Waals surface area contributed by atoms with Gasteiger partial charge in [-0.1, -0.05) is 13.3 Å². The molecule has 0 aliphatic rings. The minimum absolute atomic E-state index is 0.236. The smallest absolute Gasteiger partial charge is 0.108 e. The molecule has 0 saturated carbocycles. The van der Waals surface area contributed by atoms with Crippen LogP contribution in [-0.4, -0.2) is 17.8 Å². The van der Waals surface area contributed by atoms with Crippen LogP contribution in [0.25, 0.3) is 0 Å². The molecule has 0 rings (SSSR count). The zero-order chi connectivity index (χ0) is 6.41. The van der Waals surface area contributed by atoms with Gasteiger partial charge in [0.2, 0.25) is 0 Å². The predicted molar refractivity (Wildman–Crippen MR) is 33.3 cm³/mol. The van der Waals surface area contributed by atoms with Gasteiger partial charge in [-0.05, 0) is 6.42 Å². The topological polar surface area (TPSA) is 47.9 Å². The third-order valence-corrected chi connectivity index (χ3v) is 1.22. The lowest BCUT2D eigenvalue weighted by atomic mass is 10.1. The van der Waals surface area contributed by atoms with E-state index in [1.165, 1.54) is 12.8 Å². The summed E-state index contributed by atoms with van der Waals surface area (Å²) >= 11 is 0. The Morgan fingerprint density at radius 2 is 2.25 bits per heavy atom. The number of aliphatic hydroxyl groups excluding tert-OH is 1. The van der Waals surface area contributed by atoms with E-state index in [4.69, 9.17) is 5.11 Å². The van der Waals surface area contributed by atoms with Crippen LogP contribution in [0, 0.1) is 0 Å². The lowest BCUT2D eigenvalue weighted by Crippen LogP contribution is -2.62. The number of rotatable bonds is 4. The first-order valence-corrected chi connectivity index (χ1v) is 3.25. The predicted octanol–water partition coefficient (Wildman–Crippen LogP) is -0.221. The molecule has 1 atom stereocenters. The molecule has 0 aromatic carbocycles. The van der Waals surface area contributed by atoms with Crippen LogP contribution in [0.1, 0.15) is 26.2 Å². The molecule has 0 aromatic rings. The molecule has 0 aromatic heterocycles. The number of unbranched alkanes of at least 4 members (excludes halogenated alkanes) is 1. The summed E-state index contributed by atoms with van der Waals surface area (Å²) in [6.45, 7) is 2.38. The van der Waals surface area contributed by atoms with E-state index in [0.29, 0.717) is 0 Å². The number of quaternary nitrogens is 1. The van der Waals surface area contributed by atoms with Crippen molar-refractivity contribution in [2.45, 2.75) is 32.2 Å². The van der Waals surface area contributed by atoms with Crippen LogP contribution in [0.3, 0.4) is 0 Å². The van der Waals surface area contributed by atoms with E-state index in [1.54, 1.807) is 0 Å². The molecule has 0 unspecified atom stereocenters. The zero-order valence-electron chi connectivity index (χ0n) is 5.56. The Labute approximate surface area is 50.7 Å². The summed E-state index contributed by atoms with van der Waals surface area (Å²) in [6.07, 6.45) is 3.45. The van der Waals surface area contributed by atoms with Crippen LogP contribution in [0.4, 0.5) is 0 Å². The molecule has 0 fully saturated rings.